The normalized spacial score (nSPS) is 17.9. The Labute approximate surface area is 197 Å². The van der Waals surface area contributed by atoms with Gasteiger partial charge in [0.25, 0.3) is 0 Å². The Morgan fingerprint density at radius 2 is 1.70 bits per heavy atom. The minimum absolute atomic E-state index is 0.0743. The summed E-state index contributed by atoms with van der Waals surface area (Å²) in [7, 11) is 0. The van der Waals surface area contributed by atoms with Gasteiger partial charge in [-0.15, -0.1) is 0 Å². The van der Waals surface area contributed by atoms with Gasteiger partial charge in [-0.1, -0.05) is 12.1 Å². The van der Waals surface area contributed by atoms with Gasteiger partial charge in [0.1, 0.15) is 5.82 Å². The number of hydrogen-bond donors (Lipinski definition) is 1. The van der Waals surface area contributed by atoms with Gasteiger partial charge in [-0.3, -0.25) is 9.97 Å². The van der Waals surface area contributed by atoms with Gasteiger partial charge < -0.3 is 14.8 Å². The van der Waals surface area contributed by atoms with Crippen LogP contribution in [-0.2, 0) is 6.54 Å². The van der Waals surface area contributed by atoms with Crippen molar-refractivity contribution in [1.82, 2.24) is 24.8 Å². The summed E-state index contributed by atoms with van der Waals surface area (Å²) < 4.78 is 15.7. The van der Waals surface area contributed by atoms with Gasteiger partial charge in [0, 0.05) is 29.5 Å². The second-order valence-electron chi connectivity index (χ2n) is 8.21. The summed E-state index contributed by atoms with van der Waals surface area (Å²) in [6, 6.07) is 20.4. The van der Waals surface area contributed by atoms with Gasteiger partial charge >= 0.3 is 0 Å². The average Bonchev–Trinajstić information content (AvgIpc) is 3.31. The molecule has 1 saturated heterocycles. The highest BCUT2D eigenvalue weighted by Crippen LogP contribution is 2.42. The second kappa shape index (κ2) is 8.75. The summed E-state index contributed by atoms with van der Waals surface area (Å²) in [6.45, 7) is 4.75. The van der Waals surface area contributed by atoms with E-state index in [0.29, 0.717) is 11.7 Å². The van der Waals surface area contributed by atoms with Gasteiger partial charge in [-0.2, -0.15) is 0 Å². The molecule has 166 valence electrons. The molecule has 1 aromatic carbocycles. The maximum Gasteiger partial charge on any atom is 0.170 e. The average molecular weight is 458 g/mol. The van der Waals surface area contributed by atoms with Crippen molar-refractivity contribution < 1.29 is 4.39 Å². The zero-order valence-corrected chi connectivity index (χ0v) is 19.3. The molecule has 0 unspecified atom stereocenters. The molecule has 1 fully saturated rings. The Bertz CT molecular complexity index is 1270. The molecule has 0 saturated carbocycles. The minimum Gasteiger partial charge on any atom is -0.352 e. The molecule has 1 aliphatic rings. The molecule has 0 spiro atoms. The molecule has 1 N–H and O–H groups in total. The Hall–Kier alpha value is -3.58. The van der Waals surface area contributed by atoms with E-state index in [1.807, 2.05) is 36.4 Å². The van der Waals surface area contributed by atoms with Crippen LogP contribution < -0.4 is 5.32 Å². The molecule has 33 heavy (non-hydrogen) atoms. The van der Waals surface area contributed by atoms with Crippen molar-refractivity contribution in [3.05, 3.63) is 113 Å². The third-order valence-corrected chi connectivity index (χ3v) is 6.48. The molecule has 0 radical (unpaired) electrons. The lowest BCUT2D eigenvalue weighted by Crippen LogP contribution is -2.29. The van der Waals surface area contributed by atoms with E-state index < -0.39 is 0 Å². The van der Waals surface area contributed by atoms with Gasteiger partial charge in [0.2, 0.25) is 0 Å². The van der Waals surface area contributed by atoms with E-state index in [0.717, 1.165) is 34.0 Å². The number of halogens is 1. The zero-order chi connectivity index (χ0) is 22.9. The smallest absolute Gasteiger partial charge is 0.170 e. The lowest BCUT2D eigenvalue weighted by atomic mass is 9.96. The van der Waals surface area contributed by atoms with Crippen molar-refractivity contribution in [2.45, 2.75) is 32.5 Å². The summed E-state index contributed by atoms with van der Waals surface area (Å²) >= 11 is 5.80. The number of rotatable bonds is 5. The number of aryl methyl sites for hydroxylation is 1. The van der Waals surface area contributed by atoms with Gasteiger partial charge in [-0.25, -0.2) is 4.39 Å². The molecule has 2 atom stereocenters. The first-order chi connectivity index (χ1) is 16.0. The monoisotopic (exact) mass is 457 g/mol. The van der Waals surface area contributed by atoms with Crippen LogP contribution in [0.3, 0.4) is 0 Å². The molecule has 1 aliphatic heterocycles. The fraction of sp³-hybridized carbons (Fsp3) is 0.192. The lowest BCUT2D eigenvalue weighted by Gasteiger charge is -2.28. The first-order valence-electron chi connectivity index (χ1n) is 10.9. The van der Waals surface area contributed by atoms with E-state index in [2.05, 4.69) is 44.7 Å². The Morgan fingerprint density at radius 3 is 2.36 bits per heavy atom. The minimum atomic E-state index is -0.247. The molecule has 3 aromatic heterocycles. The maximum absolute atomic E-state index is 13.5. The Morgan fingerprint density at radius 1 is 0.970 bits per heavy atom. The molecule has 5 nitrogen and oxygen atoms in total. The fourth-order valence-corrected chi connectivity index (χ4v) is 4.96. The van der Waals surface area contributed by atoms with Crippen molar-refractivity contribution in [2.75, 3.05) is 0 Å². The predicted octanol–water partition coefficient (Wildman–Crippen LogP) is 5.20. The van der Waals surface area contributed by atoms with Crippen molar-refractivity contribution in [3.63, 3.8) is 0 Å². The van der Waals surface area contributed by atoms with Crippen LogP contribution >= 0.6 is 12.2 Å². The molecule has 0 aliphatic carbocycles. The highest BCUT2D eigenvalue weighted by atomic mass is 32.1. The molecule has 5 rings (SSSR count). The topological polar surface area (TPSA) is 46.0 Å². The van der Waals surface area contributed by atoms with Gasteiger partial charge in [0.15, 0.2) is 5.11 Å². The molecule has 0 bridgehead atoms. The van der Waals surface area contributed by atoms with E-state index in [9.17, 15) is 4.39 Å². The van der Waals surface area contributed by atoms with Gasteiger partial charge in [0.05, 0.1) is 30.0 Å². The highest BCUT2D eigenvalue weighted by molar-refractivity contribution is 7.80. The van der Waals surface area contributed by atoms with Crippen LogP contribution in [0, 0.1) is 19.7 Å². The summed E-state index contributed by atoms with van der Waals surface area (Å²) in [5.41, 5.74) is 6.11. The van der Waals surface area contributed by atoms with Gasteiger partial charge in [-0.05, 0) is 86.2 Å². The number of benzene rings is 1. The third kappa shape index (κ3) is 4.00. The second-order valence-corrected chi connectivity index (χ2v) is 8.60. The first kappa shape index (κ1) is 21.3. The number of hydrogen-bond acceptors (Lipinski definition) is 3. The summed E-state index contributed by atoms with van der Waals surface area (Å²) in [6.07, 6.45) is 3.61. The number of nitrogens with one attached hydrogen (secondary N) is 1. The van der Waals surface area contributed by atoms with E-state index in [1.54, 1.807) is 24.5 Å². The molecular weight excluding hydrogens is 433 g/mol. The van der Waals surface area contributed by atoms with Crippen LogP contribution in [-0.4, -0.2) is 24.5 Å². The standard InChI is InChI=1S/C26H24FN5S/c1-17-15-22(18(2)32(17)21-11-9-19(27)10-12-21)25-24(23-8-4-6-14-29-23)30-26(33)31(25)16-20-7-3-5-13-28-20/h3-15,24-25H,16H2,1-2H3,(H,30,33)/t24-,25-/m1/s1. The van der Waals surface area contributed by atoms with Crippen molar-refractivity contribution in [3.8, 4) is 5.69 Å². The number of nitrogens with zero attached hydrogens (tertiary/aromatic N) is 4. The quantitative estimate of drug-likeness (QED) is 0.418. The van der Waals surface area contributed by atoms with Crippen LogP contribution in [0.25, 0.3) is 5.69 Å². The fourth-order valence-electron chi connectivity index (χ4n) is 4.66. The van der Waals surface area contributed by atoms with E-state index in [1.165, 1.54) is 12.1 Å². The highest BCUT2D eigenvalue weighted by Gasteiger charge is 2.41. The van der Waals surface area contributed by atoms with Crippen molar-refractivity contribution >= 4 is 17.3 Å². The third-order valence-electron chi connectivity index (χ3n) is 6.13. The van der Waals surface area contributed by atoms with Crippen LogP contribution in [0.5, 0.6) is 0 Å². The largest absolute Gasteiger partial charge is 0.352 e. The van der Waals surface area contributed by atoms with Crippen LogP contribution in [0.1, 0.15) is 40.4 Å². The van der Waals surface area contributed by atoms with E-state index >= 15 is 0 Å². The number of pyridine rings is 2. The Balaban J connectivity index is 1.61. The SMILES string of the molecule is Cc1cc([C@@H]2[C@@H](c3ccccn3)NC(=S)N2Cc2ccccn2)c(C)n1-c1ccc(F)cc1. The maximum atomic E-state index is 13.5. The van der Waals surface area contributed by atoms with Crippen LogP contribution in [0.4, 0.5) is 4.39 Å². The summed E-state index contributed by atoms with van der Waals surface area (Å²) in [4.78, 5) is 11.3. The zero-order valence-electron chi connectivity index (χ0n) is 18.4. The lowest BCUT2D eigenvalue weighted by molar-refractivity contribution is 0.307. The van der Waals surface area contributed by atoms with Crippen LogP contribution in [0.2, 0.25) is 0 Å². The number of aromatic nitrogens is 3. The Kier molecular flexibility index (Phi) is 5.64. The van der Waals surface area contributed by atoms with E-state index in [-0.39, 0.29) is 17.9 Å². The molecule has 4 heterocycles. The molecular formula is C26H24FN5S. The molecule has 0 amide bonds. The van der Waals surface area contributed by atoms with Crippen molar-refractivity contribution in [1.29, 1.82) is 0 Å². The summed E-state index contributed by atoms with van der Waals surface area (Å²) in [5, 5.41) is 4.17. The number of thiocarbonyl (C=S) groups is 1. The molecule has 7 heteroatoms. The van der Waals surface area contributed by atoms with E-state index in [4.69, 9.17) is 12.2 Å². The van der Waals surface area contributed by atoms with Crippen molar-refractivity contribution in [2.24, 2.45) is 0 Å². The molecule has 4 aromatic rings. The first-order valence-corrected chi connectivity index (χ1v) is 11.3. The predicted molar refractivity (Wildman–Crippen MR) is 130 cm³/mol. The van der Waals surface area contributed by atoms with Crippen LogP contribution in [0.15, 0.2) is 79.1 Å². The summed E-state index contributed by atoms with van der Waals surface area (Å²) in [5.74, 6) is -0.247.